The van der Waals surface area contributed by atoms with Crippen molar-refractivity contribution in [3.8, 4) is 0 Å². The summed E-state index contributed by atoms with van der Waals surface area (Å²) in [6, 6.07) is 14.8. The van der Waals surface area contributed by atoms with E-state index in [1.54, 1.807) is 24.3 Å². The van der Waals surface area contributed by atoms with Gasteiger partial charge in [0.05, 0.1) is 4.90 Å². The molecule has 0 radical (unpaired) electrons. The van der Waals surface area contributed by atoms with E-state index in [2.05, 4.69) is 31.0 Å². The Bertz CT molecular complexity index is 935. The summed E-state index contributed by atoms with van der Waals surface area (Å²) in [5.74, 6) is -0.150. The summed E-state index contributed by atoms with van der Waals surface area (Å²) in [4.78, 5) is 15.1. The van der Waals surface area contributed by atoms with E-state index in [1.807, 2.05) is 38.1 Å². The highest BCUT2D eigenvalue weighted by atomic mass is 32.2. The molecule has 0 atom stereocenters. The molecular formula is C24H35N3O3S. The molecule has 0 saturated heterocycles. The second-order valence-corrected chi connectivity index (χ2v) is 9.71. The zero-order valence-electron chi connectivity index (χ0n) is 19.3. The first-order valence-electron chi connectivity index (χ1n) is 10.9. The first-order valence-corrected chi connectivity index (χ1v) is 12.4. The van der Waals surface area contributed by atoms with Gasteiger partial charge in [-0.2, -0.15) is 4.31 Å². The standard InChI is InChI=1S/C24H35N3O3S/c1-6-26(19(4)5)18-21-9-13-22(14-10-21)24(28)25-17-20-11-15-23(16-12-20)31(29,30)27(7-2)8-3/h9-16,19H,6-8,17-18H2,1-5H3,(H,25,28). The number of nitrogens with zero attached hydrogens (tertiary/aromatic N) is 2. The third-order valence-corrected chi connectivity index (χ3v) is 7.52. The molecule has 1 amide bonds. The van der Waals surface area contributed by atoms with Crippen LogP contribution < -0.4 is 5.32 Å². The molecule has 6 nitrogen and oxygen atoms in total. The minimum atomic E-state index is -3.47. The van der Waals surface area contributed by atoms with Gasteiger partial charge in [0.25, 0.3) is 5.91 Å². The SMILES string of the molecule is CCN(Cc1ccc(C(=O)NCc2ccc(S(=O)(=O)N(CC)CC)cc2)cc1)C(C)C. The van der Waals surface area contributed by atoms with Crippen LogP contribution in [0.1, 0.15) is 56.1 Å². The summed E-state index contributed by atoms with van der Waals surface area (Å²) in [5, 5.41) is 2.90. The molecule has 170 valence electrons. The van der Waals surface area contributed by atoms with Crippen molar-refractivity contribution in [3.05, 3.63) is 65.2 Å². The summed E-state index contributed by atoms with van der Waals surface area (Å²) in [6.45, 7) is 13.2. The van der Waals surface area contributed by atoms with Gasteiger partial charge in [-0.1, -0.05) is 45.0 Å². The van der Waals surface area contributed by atoms with Gasteiger partial charge in [0.1, 0.15) is 0 Å². The predicted molar refractivity (Wildman–Crippen MR) is 125 cm³/mol. The maximum absolute atomic E-state index is 12.6. The van der Waals surface area contributed by atoms with Crippen molar-refractivity contribution in [3.63, 3.8) is 0 Å². The number of hydrogen-bond donors (Lipinski definition) is 1. The summed E-state index contributed by atoms with van der Waals surface area (Å²) < 4.78 is 26.5. The quantitative estimate of drug-likeness (QED) is 0.570. The molecule has 0 aliphatic heterocycles. The summed E-state index contributed by atoms with van der Waals surface area (Å²) in [7, 11) is -3.47. The highest BCUT2D eigenvalue weighted by molar-refractivity contribution is 7.89. The van der Waals surface area contributed by atoms with Crippen LogP contribution in [0.25, 0.3) is 0 Å². The van der Waals surface area contributed by atoms with E-state index in [-0.39, 0.29) is 10.8 Å². The Morgan fingerprint density at radius 3 is 1.90 bits per heavy atom. The number of nitrogens with one attached hydrogen (secondary N) is 1. The van der Waals surface area contributed by atoms with Gasteiger partial charge in [0.15, 0.2) is 0 Å². The molecule has 31 heavy (non-hydrogen) atoms. The van der Waals surface area contributed by atoms with Crippen molar-refractivity contribution >= 4 is 15.9 Å². The molecule has 2 aromatic carbocycles. The Balaban J connectivity index is 1.97. The average Bonchev–Trinajstić information content (AvgIpc) is 2.77. The second-order valence-electron chi connectivity index (χ2n) is 7.77. The first kappa shape index (κ1) is 25.0. The molecule has 0 saturated carbocycles. The fraction of sp³-hybridized carbons (Fsp3) is 0.458. The minimum Gasteiger partial charge on any atom is -0.348 e. The Hall–Kier alpha value is -2.22. The minimum absolute atomic E-state index is 0.150. The molecule has 0 unspecified atom stereocenters. The normalized spacial score (nSPS) is 12.0. The number of rotatable bonds is 11. The van der Waals surface area contributed by atoms with Gasteiger partial charge in [-0.3, -0.25) is 9.69 Å². The van der Waals surface area contributed by atoms with Crippen LogP contribution in [0.4, 0.5) is 0 Å². The van der Waals surface area contributed by atoms with Crippen molar-refractivity contribution in [1.29, 1.82) is 0 Å². The van der Waals surface area contributed by atoms with Crippen molar-refractivity contribution in [2.75, 3.05) is 19.6 Å². The van der Waals surface area contributed by atoms with Crippen LogP contribution in [0.2, 0.25) is 0 Å². The lowest BCUT2D eigenvalue weighted by atomic mass is 10.1. The summed E-state index contributed by atoms with van der Waals surface area (Å²) in [5.41, 5.74) is 2.63. The highest BCUT2D eigenvalue weighted by Crippen LogP contribution is 2.16. The number of hydrogen-bond acceptors (Lipinski definition) is 4. The molecule has 0 aliphatic rings. The van der Waals surface area contributed by atoms with Crippen LogP contribution in [0.3, 0.4) is 0 Å². The third kappa shape index (κ3) is 6.63. The largest absolute Gasteiger partial charge is 0.348 e. The van der Waals surface area contributed by atoms with E-state index >= 15 is 0 Å². The molecule has 2 aromatic rings. The van der Waals surface area contributed by atoms with Gasteiger partial charge in [0, 0.05) is 37.8 Å². The fourth-order valence-corrected chi connectivity index (χ4v) is 4.89. The van der Waals surface area contributed by atoms with E-state index in [4.69, 9.17) is 0 Å². The lowest BCUT2D eigenvalue weighted by molar-refractivity contribution is 0.0951. The zero-order chi connectivity index (χ0) is 23.0. The lowest BCUT2D eigenvalue weighted by Gasteiger charge is -2.24. The van der Waals surface area contributed by atoms with Gasteiger partial charge in [-0.15, -0.1) is 0 Å². The zero-order valence-corrected chi connectivity index (χ0v) is 20.1. The average molecular weight is 446 g/mol. The van der Waals surface area contributed by atoms with Gasteiger partial charge in [-0.25, -0.2) is 8.42 Å². The second kappa shape index (κ2) is 11.4. The number of benzene rings is 2. The molecule has 0 bridgehead atoms. The van der Waals surface area contributed by atoms with Crippen molar-refractivity contribution in [1.82, 2.24) is 14.5 Å². The van der Waals surface area contributed by atoms with Crippen LogP contribution in [-0.4, -0.2) is 49.2 Å². The Kier molecular flexibility index (Phi) is 9.22. The summed E-state index contributed by atoms with van der Waals surface area (Å²) >= 11 is 0. The molecule has 0 spiro atoms. The van der Waals surface area contributed by atoms with Gasteiger partial charge < -0.3 is 5.32 Å². The smallest absolute Gasteiger partial charge is 0.251 e. The Morgan fingerprint density at radius 2 is 1.42 bits per heavy atom. The number of sulfonamides is 1. The molecule has 0 aliphatic carbocycles. The van der Waals surface area contributed by atoms with Crippen LogP contribution in [0, 0.1) is 0 Å². The van der Waals surface area contributed by atoms with Crippen LogP contribution in [0.15, 0.2) is 53.4 Å². The van der Waals surface area contributed by atoms with Gasteiger partial charge in [0.2, 0.25) is 10.0 Å². The monoisotopic (exact) mass is 445 g/mol. The van der Waals surface area contributed by atoms with Gasteiger partial charge in [-0.05, 0) is 55.8 Å². The fourth-order valence-electron chi connectivity index (χ4n) is 3.43. The Morgan fingerprint density at radius 1 is 0.871 bits per heavy atom. The van der Waals surface area contributed by atoms with Crippen molar-refractivity contribution in [2.45, 2.75) is 58.6 Å². The molecule has 2 rings (SSSR count). The summed E-state index contributed by atoms with van der Waals surface area (Å²) in [6.07, 6.45) is 0. The van der Waals surface area contributed by atoms with Crippen LogP contribution in [-0.2, 0) is 23.1 Å². The molecule has 0 aromatic heterocycles. The Labute approximate surface area is 187 Å². The van der Waals surface area contributed by atoms with Crippen molar-refractivity contribution < 1.29 is 13.2 Å². The lowest BCUT2D eigenvalue weighted by Crippen LogP contribution is -2.30. The predicted octanol–water partition coefficient (Wildman–Crippen LogP) is 3.88. The topological polar surface area (TPSA) is 69.7 Å². The maximum atomic E-state index is 12.6. The number of carbonyl (C=O) groups is 1. The number of carbonyl (C=O) groups excluding carboxylic acids is 1. The van der Waals surface area contributed by atoms with E-state index < -0.39 is 10.0 Å². The third-order valence-electron chi connectivity index (χ3n) is 5.46. The molecule has 1 N–H and O–H groups in total. The molecule has 0 heterocycles. The van der Waals surface area contributed by atoms with E-state index in [1.165, 1.54) is 9.87 Å². The molecule has 0 fully saturated rings. The molecule has 7 heteroatoms. The first-order chi connectivity index (χ1) is 14.7. The number of amides is 1. The van der Waals surface area contributed by atoms with E-state index in [9.17, 15) is 13.2 Å². The van der Waals surface area contributed by atoms with Crippen molar-refractivity contribution in [2.24, 2.45) is 0 Å². The van der Waals surface area contributed by atoms with Crippen LogP contribution >= 0.6 is 0 Å². The molecular weight excluding hydrogens is 410 g/mol. The van der Waals surface area contributed by atoms with Crippen LogP contribution in [0.5, 0.6) is 0 Å². The maximum Gasteiger partial charge on any atom is 0.251 e. The van der Waals surface area contributed by atoms with E-state index in [0.29, 0.717) is 31.2 Å². The highest BCUT2D eigenvalue weighted by Gasteiger charge is 2.21. The van der Waals surface area contributed by atoms with Gasteiger partial charge >= 0.3 is 0 Å². The van der Waals surface area contributed by atoms with E-state index in [0.717, 1.165) is 18.7 Å².